The van der Waals surface area contributed by atoms with Crippen LogP contribution in [0.1, 0.15) is 53.5 Å². The molecule has 1 unspecified atom stereocenters. The number of hydrogen-bond acceptors (Lipinski definition) is 5. The van der Waals surface area contributed by atoms with Crippen molar-refractivity contribution in [3.63, 3.8) is 0 Å². The van der Waals surface area contributed by atoms with E-state index in [2.05, 4.69) is 10.3 Å². The number of hydrogen-bond donors (Lipinski definition) is 1. The minimum Gasteiger partial charge on any atom is -0.382 e. The predicted molar refractivity (Wildman–Crippen MR) is 124 cm³/mol. The number of oxime groups is 1. The number of aryl methyl sites for hydroxylation is 2. The number of ketones is 1. The molecule has 2 heterocycles. The molecule has 1 atom stereocenters. The Morgan fingerprint density at radius 1 is 1.14 bits per heavy atom. The van der Waals surface area contributed by atoms with E-state index in [0.29, 0.717) is 17.4 Å². The summed E-state index contributed by atoms with van der Waals surface area (Å²) in [6.45, 7) is 2.44. The lowest BCUT2D eigenvalue weighted by atomic mass is 9.88. The van der Waals surface area contributed by atoms with Crippen LogP contribution in [0.3, 0.4) is 0 Å². The molecule has 3 aromatic rings. The molecule has 35 heavy (non-hydrogen) atoms. The summed E-state index contributed by atoms with van der Waals surface area (Å²) in [6.07, 6.45) is -4.52. The van der Waals surface area contributed by atoms with Gasteiger partial charge in [-0.05, 0) is 30.7 Å². The first-order chi connectivity index (χ1) is 16.5. The first-order valence-electron chi connectivity index (χ1n) is 11.1. The van der Waals surface area contributed by atoms with Gasteiger partial charge in [0.05, 0.1) is 17.1 Å². The van der Waals surface area contributed by atoms with Crippen LogP contribution in [0.2, 0.25) is 0 Å². The quantitative estimate of drug-likeness (QED) is 0.496. The number of amides is 1. The lowest BCUT2D eigenvalue weighted by Gasteiger charge is -2.21. The second kappa shape index (κ2) is 9.16. The molecule has 184 valence electrons. The van der Waals surface area contributed by atoms with Gasteiger partial charge in [-0.1, -0.05) is 41.6 Å². The minimum absolute atomic E-state index is 0.199. The van der Waals surface area contributed by atoms with Crippen LogP contribution in [0.5, 0.6) is 0 Å². The van der Waals surface area contributed by atoms with Gasteiger partial charge < -0.3 is 10.2 Å². The van der Waals surface area contributed by atoms with Crippen LogP contribution in [0.15, 0.2) is 47.6 Å². The Morgan fingerprint density at radius 3 is 2.51 bits per heavy atom. The van der Waals surface area contributed by atoms with Crippen LogP contribution in [0.25, 0.3) is 10.8 Å². The van der Waals surface area contributed by atoms with Gasteiger partial charge in [0.25, 0.3) is 0 Å². The molecule has 0 spiro atoms. The molecular weight excluding hydrogens is 461 g/mol. The van der Waals surface area contributed by atoms with Crippen LogP contribution in [0.4, 0.5) is 13.2 Å². The standard InChI is InChI=1S/C25H25F3N4O3/c1-15-12-22(32(3)30-15)24(2)13-20(31-35-24)18-8-9-19(17-7-5-4-6-16(17)18)21(33)10-11-23(34)29-14-25(26,27)28/h4-9,12H,10-11,13-14H2,1-3H3,(H,29,34). The van der Waals surface area contributed by atoms with Crippen molar-refractivity contribution in [3.05, 3.63) is 65.0 Å². The van der Waals surface area contributed by atoms with Gasteiger partial charge in [-0.25, -0.2) is 0 Å². The molecule has 1 amide bonds. The third-order valence-corrected chi connectivity index (χ3v) is 6.01. The van der Waals surface area contributed by atoms with Crippen molar-refractivity contribution in [2.24, 2.45) is 12.2 Å². The largest absolute Gasteiger partial charge is 0.405 e. The highest BCUT2D eigenvalue weighted by Crippen LogP contribution is 2.38. The molecule has 1 aliphatic heterocycles. The van der Waals surface area contributed by atoms with Crippen LogP contribution < -0.4 is 5.32 Å². The highest BCUT2D eigenvalue weighted by molar-refractivity contribution is 6.17. The highest BCUT2D eigenvalue weighted by atomic mass is 19.4. The second-order valence-electron chi connectivity index (χ2n) is 8.85. The van der Waals surface area contributed by atoms with E-state index in [1.54, 1.807) is 34.3 Å². The second-order valence-corrected chi connectivity index (χ2v) is 8.85. The number of Topliss-reactive ketones (excluding diaryl/α,β-unsaturated/α-hetero) is 1. The summed E-state index contributed by atoms with van der Waals surface area (Å²) in [4.78, 5) is 30.4. The van der Waals surface area contributed by atoms with E-state index >= 15 is 0 Å². The van der Waals surface area contributed by atoms with E-state index in [4.69, 9.17) is 4.84 Å². The fourth-order valence-electron chi connectivity index (χ4n) is 4.37. The zero-order chi connectivity index (χ0) is 25.4. The number of halogens is 3. The fraction of sp³-hybridized carbons (Fsp3) is 0.360. The number of aromatic nitrogens is 2. The lowest BCUT2D eigenvalue weighted by molar-refractivity contribution is -0.138. The Hall–Kier alpha value is -3.69. The smallest absolute Gasteiger partial charge is 0.382 e. The summed E-state index contributed by atoms with van der Waals surface area (Å²) in [5.74, 6) is -1.14. The predicted octanol–water partition coefficient (Wildman–Crippen LogP) is 4.56. The third kappa shape index (κ3) is 5.21. The van der Waals surface area contributed by atoms with Gasteiger partial charge >= 0.3 is 6.18 Å². The molecular formula is C25H25F3N4O3. The zero-order valence-corrected chi connectivity index (χ0v) is 19.6. The van der Waals surface area contributed by atoms with Crippen molar-refractivity contribution in [1.29, 1.82) is 0 Å². The highest BCUT2D eigenvalue weighted by Gasteiger charge is 2.39. The van der Waals surface area contributed by atoms with Gasteiger partial charge in [0.2, 0.25) is 5.91 Å². The van der Waals surface area contributed by atoms with E-state index in [1.165, 1.54) is 0 Å². The van der Waals surface area contributed by atoms with E-state index in [-0.39, 0.29) is 18.6 Å². The van der Waals surface area contributed by atoms with Gasteiger partial charge in [-0.15, -0.1) is 0 Å². The van der Waals surface area contributed by atoms with Crippen molar-refractivity contribution in [3.8, 4) is 0 Å². The van der Waals surface area contributed by atoms with Crippen LogP contribution >= 0.6 is 0 Å². The number of benzene rings is 2. The number of carbonyl (C=O) groups excluding carboxylic acids is 2. The van der Waals surface area contributed by atoms with Crippen molar-refractivity contribution in [1.82, 2.24) is 15.1 Å². The summed E-state index contributed by atoms with van der Waals surface area (Å²) in [7, 11) is 1.86. The molecule has 1 aliphatic rings. The number of nitrogens with one attached hydrogen (secondary N) is 1. The van der Waals surface area contributed by atoms with Crippen LogP contribution in [0, 0.1) is 6.92 Å². The summed E-state index contributed by atoms with van der Waals surface area (Å²) in [6, 6.07) is 12.8. The number of alkyl halides is 3. The molecule has 0 saturated heterocycles. The average Bonchev–Trinajstić information content (AvgIpc) is 3.37. The maximum Gasteiger partial charge on any atom is 0.405 e. The molecule has 1 N–H and O–H groups in total. The summed E-state index contributed by atoms with van der Waals surface area (Å²) >= 11 is 0. The Labute approximate surface area is 199 Å². The fourth-order valence-corrected chi connectivity index (χ4v) is 4.37. The maximum atomic E-state index is 12.9. The molecule has 4 rings (SSSR count). The van der Waals surface area contributed by atoms with Crippen molar-refractivity contribution in [2.75, 3.05) is 6.54 Å². The van der Waals surface area contributed by atoms with Crippen molar-refractivity contribution >= 4 is 28.2 Å². The van der Waals surface area contributed by atoms with Gasteiger partial charge in [0, 0.05) is 37.4 Å². The zero-order valence-electron chi connectivity index (χ0n) is 19.6. The van der Waals surface area contributed by atoms with Gasteiger partial charge in [-0.3, -0.25) is 14.3 Å². The first-order valence-corrected chi connectivity index (χ1v) is 11.1. The average molecular weight is 486 g/mol. The molecule has 7 nitrogen and oxygen atoms in total. The summed E-state index contributed by atoms with van der Waals surface area (Å²) in [5, 5.41) is 12.0. The van der Waals surface area contributed by atoms with Crippen molar-refractivity contribution in [2.45, 2.75) is 44.9 Å². The van der Waals surface area contributed by atoms with Crippen molar-refractivity contribution < 1.29 is 27.6 Å². The van der Waals surface area contributed by atoms with Gasteiger partial charge in [-0.2, -0.15) is 18.3 Å². The SMILES string of the molecule is Cc1cc(C2(C)CC(c3ccc(C(=O)CCC(=O)NCC(F)(F)F)c4ccccc34)=NO2)n(C)n1. The molecule has 2 aromatic carbocycles. The van der Waals surface area contributed by atoms with Gasteiger partial charge in [0.1, 0.15) is 6.54 Å². The van der Waals surface area contributed by atoms with E-state index in [9.17, 15) is 22.8 Å². The minimum atomic E-state index is -4.50. The maximum absolute atomic E-state index is 12.9. The molecule has 0 bridgehead atoms. The Kier molecular flexibility index (Phi) is 6.40. The number of fused-ring (bicyclic) bond motifs is 1. The summed E-state index contributed by atoms with van der Waals surface area (Å²) < 4.78 is 38.6. The molecule has 0 saturated carbocycles. The molecule has 0 fully saturated rings. The number of carbonyl (C=O) groups is 2. The topological polar surface area (TPSA) is 85.6 Å². The van der Waals surface area contributed by atoms with E-state index in [1.807, 2.05) is 39.1 Å². The molecule has 1 aromatic heterocycles. The van der Waals surface area contributed by atoms with Crippen LogP contribution in [-0.4, -0.2) is 39.9 Å². The molecule has 10 heteroatoms. The van der Waals surface area contributed by atoms with Gasteiger partial charge in [0.15, 0.2) is 11.4 Å². The normalized spacial score (nSPS) is 17.8. The van der Waals surface area contributed by atoms with E-state index in [0.717, 1.165) is 28.0 Å². The third-order valence-electron chi connectivity index (χ3n) is 6.01. The first kappa shape index (κ1) is 24.4. The monoisotopic (exact) mass is 486 g/mol. The Bertz CT molecular complexity index is 1330. The van der Waals surface area contributed by atoms with Crippen LogP contribution in [-0.2, 0) is 22.3 Å². The Morgan fingerprint density at radius 2 is 1.86 bits per heavy atom. The summed E-state index contributed by atoms with van der Waals surface area (Å²) in [5.41, 5.74) is 3.04. The lowest BCUT2D eigenvalue weighted by Crippen LogP contribution is -2.33. The molecule has 0 radical (unpaired) electrons. The number of rotatable bonds is 7. The Balaban J connectivity index is 1.54. The molecule has 0 aliphatic carbocycles. The van der Waals surface area contributed by atoms with E-state index < -0.39 is 24.2 Å². The number of nitrogens with zero attached hydrogens (tertiary/aromatic N) is 3.